The quantitative estimate of drug-likeness (QED) is 0.407. The summed E-state index contributed by atoms with van der Waals surface area (Å²) in [5.41, 5.74) is 3.48. The molecule has 0 spiro atoms. The molecular weight excluding hydrogens is 380 g/mol. The minimum Gasteiger partial charge on any atom is -0.462 e. The Bertz CT molecular complexity index is 930. The van der Waals surface area contributed by atoms with Gasteiger partial charge in [0.1, 0.15) is 5.84 Å². The van der Waals surface area contributed by atoms with E-state index < -0.39 is 0 Å². The van der Waals surface area contributed by atoms with Gasteiger partial charge in [-0.1, -0.05) is 18.2 Å². The number of esters is 1. The summed E-state index contributed by atoms with van der Waals surface area (Å²) in [7, 11) is 3.89. The number of anilines is 2. The highest BCUT2D eigenvalue weighted by molar-refractivity contribution is 6.00. The summed E-state index contributed by atoms with van der Waals surface area (Å²) in [6.07, 6.45) is 1.95. The van der Waals surface area contributed by atoms with Crippen LogP contribution in [-0.2, 0) is 4.74 Å². The van der Waals surface area contributed by atoms with Crippen LogP contribution in [0.2, 0.25) is 0 Å². The lowest BCUT2D eigenvalue weighted by atomic mass is 10.1. The fourth-order valence-electron chi connectivity index (χ4n) is 2.49. The van der Waals surface area contributed by atoms with Gasteiger partial charge < -0.3 is 20.3 Å². The zero-order valence-electron chi connectivity index (χ0n) is 18.0. The van der Waals surface area contributed by atoms with Gasteiger partial charge in [-0.25, -0.2) is 14.6 Å². The van der Waals surface area contributed by atoms with E-state index in [0.29, 0.717) is 23.5 Å². The maximum absolute atomic E-state index is 12.2. The van der Waals surface area contributed by atoms with Gasteiger partial charge in [0.15, 0.2) is 0 Å². The van der Waals surface area contributed by atoms with Crippen molar-refractivity contribution in [3.63, 3.8) is 0 Å². The molecule has 2 aromatic carbocycles. The van der Waals surface area contributed by atoms with Gasteiger partial charge in [-0.3, -0.25) is 0 Å². The molecule has 0 aliphatic heterocycles. The van der Waals surface area contributed by atoms with Crippen LogP contribution in [0.3, 0.4) is 0 Å². The second kappa shape index (κ2) is 10.8. The minimum atomic E-state index is -0.390. The van der Waals surface area contributed by atoms with Crippen molar-refractivity contribution in [2.45, 2.75) is 20.8 Å². The molecule has 0 saturated heterocycles. The predicted octanol–water partition coefficient (Wildman–Crippen LogP) is 4.85. The molecule has 0 aliphatic carbocycles. The summed E-state index contributed by atoms with van der Waals surface area (Å²) in [4.78, 5) is 30.5. The first-order valence-electron chi connectivity index (χ1n) is 9.68. The van der Waals surface area contributed by atoms with Crippen molar-refractivity contribution in [2.24, 2.45) is 4.99 Å². The lowest BCUT2D eigenvalue weighted by Gasteiger charge is -2.13. The molecular formula is C23H28N4O3. The zero-order valence-corrected chi connectivity index (χ0v) is 18.0. The third-order valence-corrected chi connectivity index (χ3v) is 4.30. The van der Waals surface area contributed by atoms with E-state index in [1.165, 1.54) is 0 Å². The molecule has 2 rings (SSSR count). The van der Waals surface area contributed by atoms with Crippen LogP contribution < -0.4 is 10.6 Å². The van der Waals surface area contributed by atoms with Gasteiger partial charge >= 0.3 is 12.0 Å². The summed E-state index contributed by atoms with van der Waals surface area (Å²) >= 11 is 0. The monoisotopic (exact) mass is 408 g/mol. The summed E-state index contributed by atoms with van der Waals surface area (Å²) in [5, 5.41) is 5.52. The first kappa shape index (κ1) is 22.7. The van der Waals surface area contributed by atoms with Crippen molar-refractivity contribution in [1.82, 2.24) is 4.90 Å². The van der Waals surface area contributed by atoms with Crippen LogP contribution in [0.4, 0.5) is 16.2 Å². The van der Waals surface area contributed by atoms with Gasteiger partial charge in [0.2, 0.25) is 0 Å². The SMILES string of the molecule is C/C=C(\N=C(C)N(C)C)c1ccc(NC(=O)Nc2ccc(C(=O)OCC)cc2)cc1. The molecule has 0 heterocycles. The molecule has 30 heavy (non-hydrogen) atoms. The molecule has 0 atom stereocenters. The third-order valence-electron chi connectivity index (χ3n) is 4.30. The van der Waals surface area contributed by atoms with Crippen LogP contribution in [0.1, 0.15) is 36.7 Å². The number of rotatable bonds is 6. The number of nitrogens with zero attached hydrogens (tertiary/aromatic N) is 2. The number of ether oxygens (including phenoxy) is 1. The number of allylic oxidation sites excluding steroid dienone is 1. The average Bonchev–Trinajstić information content (AvgIpc) is 2.73. The number of aliphatic imine (C=N–C) groups is 1. The molecule has 2 amide bonds. The number of hydrogen-bond donors (Lipinski definition) is 2. The van der Waals surface area contributed by atoms with Gasteiger partial charge in [0.25, 0.3) is 0 Å². The van der Waals surface area contributed by atoms with E-state index in [1.54, 1.807) is 31.2 Å². The first-order valence-corrected chi connectivity index (χ1v) is 9.68. The van der Waals surface area contributed by atoms with Crippen molar-refractivity contribution >= 4 is 34.9 Å². The number of benzene rings is 2. The van der Waals surface area contributed by atoms with E-state index in [9.17, 15) is 9.59 Å². The third kappa shape index (κ3) is 6.48. The maximum Gasteiger partial charge on any atom is 0.338 e. The average molecular weight is 409 g/mol. The van der Waals surface area contributed by atoms with Crippen molar-refractivity contribution in [2.75, 3.05) is 31.3 Å². The molecule has 0 fully saturated rings. The number of carbonyl (C=O) groups excluding carboxylic acids is 2. The van der Waals surface area contributed by atoms with Crippen molar-refractivity contribution < 1.29 is 14.3 Å². The molecule has 2 N–H and O–H groups in total. The molecule has 0 aromatic heterocycles. The van der Waals surface area contributed by atoms with E-state index in [0.717, 1.165) is 17.1 Å². The van der Waals surface area contributed by atoms with Gasteiger partial charge in [0.05, 0.1) is 17.9 Å². The number of nitrogens with one attached hydrogen (secondary N) is 2. The number of hydrogen-bond acceptors (Lipinski definition) is 4. The second-order valence-electron chi connectivity index (χ2n) is 6.68. The number of carbonyl (C=O) groups is 2. The number of amidine groups is 1. The topological polar surface area (TPSA) is 83.0 Å². The molecule has 0 unspecified atom stereocenters. The largest absolute Gasteiger partial charge is 0.462 e. The minimum absolute atomic E-state index is 0.317. The maximum atomic E-state index is 12.2. The Morgan fingerprint density at radius 1 is 0.967 bits per heavy atom. The molecule has 0 radical (unpaired) electrons. The Balaban J connectivity index is 1.99. The van der Waals surface area contributed by atoms with E-state index in [4.69, 9.17) is 4.74 Å². The Morgan fingerprint density at radius 3 is 1.90 bits per heavy atom. The highest BCUT2D eigenvalue weighted by Gasteiger charge is 2.08. The van der Waals surface area contributed by atoms with Crippen molar-refractivity contribution in [3.8, 4) is 0 Å². The summed E-state index contributed by atoms with van der Waals surface area (Å²) in [6, 6.07) is 13.6. The fraction of sp³-hybridized carbons (Fsp3) is 0.261. The summed E-state index contributed by atoms with van der Waals surface area (Å²) in [6.45, 7) is 5.96. The van der Waals surface area contributed by atoms with Gasteiger partial charge in [-0.05, 0) is 62.7 Å². The normalized spacial score (nSPS) is 11.6. The van der Waals surface area contributed by atoms with Gasteiger partial charge in [0, 0.05) is 25.5 Å². The summed E-state index contributed by atoms with van der Waals surface area (Å²) < 4.78 is 4.94. The standard InChI is InChI=1S/C23H28N4O3/c1-6-21(24-16(3)27(4)5)17-8-12-19(13-9-17)25-23(29)26-20-14-10-18(11-15-20)22(28)30-7-2/h6,8-15H,7H2,1-5H3,(H2,25,26,29)/b21-6-,24-16?. The Kier molecular flexibility index (Phi) is 8.17. The predicted molar refractivity (Wildman–Crippen MR) is 122 cm³/mol. The van der Waals surface area contributed by atoms with E-state index in [-0.39, 0.29) is 12.0 Å². The first-order chi connectivity index (χ1) is 14.3. The zero-order chi connectivity index (χ0) is 22.1. The second-order valence-corrected chi connectivity index (χ2v) is 6.68. The smallest absolute Gasteiger partial charge is 0.338 e. The van der Waals surface area contributed by atoms with Crippen LogP contribution in [-0.4, -0.2) is 43.4 Å². The van der Waals surface area contributed by atoms with Crippen LogP contribution in [0, 0.1) is 0 Å². The lowest BCUT2D eigenvalue weighted by molar-refractivity contribution is 0.0526. The molecule has 7 nitrogen and oxygen atoms in total. The van der Waals surface area contributed by atoms with Gasteiger partial charge in [-0.2, -0.15) is 0 Å². The molecule has 158 valence electrons. The van der Waals surface area contributed by atoms with Crippen LogP contribution >= 0.6 is 0 Å². The molecule has 7 heteroatoms. The highest BCUT2D eigenvalue weighted by atomic mass is 16.5. The molecule has 2 aromatic rings. The summed E-state index contributed by atoms with van der Waals surface area (Å²) in [5.74, 6) is 0.512. The number of urea groups is 1. The van der Waals surface area contributed by atoms with Crippen molar-refractivity contribution in [3.05, 3.63) is 65.7 Å². The van der Waals surface area contributed by atoms with E-state index >= 15 is 0 Å². The Morgan fingerprint density at radius 2 is 1.47 bits per heavy atom. The van der Waals surface area contributed by atoms with Gasteiger partial charge in [-0.15, -0.1) is 0 Å². The lowest BCUT2D eigenvalue weighted by Crippen LogP contribution is -2.19. The number of amides is 2. The van der Waals surface area contributed by atoms with Crippen molar-refractivity contribution in [1.29, 1.82) is 0 Å². The Hall–Kier alpha value is -3.61. The molecule has 0 aliphatic rings. The Labute approximate surface area is 177 Å². The van der Waals surface area contributed by atoms with Crippen LogP contribution in [0.25, 0.3) is 5.70 Å². The van der Waals surface area contributed by atoms with Crippen LogP contribution in [0.15, 0.2) is 59.6 Å². The van der Waals surface area contributed by atoms with Crippen LogP contribution in [0.5, 0.6) is 0 Å². The fourth-order valence-corrected chi connectivity index (χ4v) is 2.49. The van der Waals surface area contributed by atoms with E-state index in [1.807, 2.05) is 63.2 Å². The highest BCUT2D eigenvalue weighted by Crippen LogP contribution is 2.19. The molecule has 0 saturated carbocycles. The molecule has 0 bridgehead atoms. The van der Waals surface area contributed by atoms with E-state index in [2.05, 4.69) is 15.6 Å².